The summed E-state index contributed by atoms with van der Waals surface area (Å²) >= 11 is 2.09. The number of ether oxygens (including phenoxy) is 1. The van der Waals surface area contributed by atoms with E-state index in [1.54, 1.807) is 0 Å². The van der Waals surface area contributed by atoms with E-state index in [0.29, 0.717) is 0 Å². The molecule has 0 aromatic heterocycles. The first-order valence-corrected chi connectivity index (χ1v) is 10.4. The molecule has 0 aromatic carbocycles. The zero-order valence-electron chi connectivity index (χ0n) is 13.1. The fourth-order valence-corrected chi connectivity index (χ4v) is 8.43. The first-order valence-electron chi connectivity index (χ1n) is 9.21. The van der Waals surface area contributed by atoms with Gasteiger partial charge in [0, 0.05) is 17.9 Å². The minimum atomic E-state index is 0.167. The van der Waals surface area contributed by atoms with Gasteiger partial charge in [0.25, 0.3) is 0 Å². The van der Waals surface area contributed by atoms with Crippen LogP contribution in [0.15, 0.2) is 0 Å². The Labute approximate surface area is 132 Å². The third-order valence-electron chi connectivity index (χ3n) is 7.93. The Morgan fingerprint density at radius 2 is 2.00 bits per heavy atom. The molecule has 1 spiro atoms. The van der Waals surface area contributed by atoms with Gasteiger partial charge in [-0.25, -0.2) is 0 Å². The van der Waals surface area contributed by atoms with Crippen molar-refractivity contribution in [1.82, 2.24) is 0 Å². The molecule has 2 heterocycles. The SMILES string of the molecule is NC1(C2CCOC3(CCSC3)C2)CC2CC1C1CCCC21. The second-order valence-corrected chi connectivity index (χ2v) is 9.81. The van der Waals surface area contributed by atoms with E-state index in [1.165, 1.54) is 62.9 Å². The number of hydrogen-bond acceptors (Lipinski definition) is 3. The molecule has 7 atom stereocenters. The van der Waals surface area contributed by atoms with Gasteiger partial charge in [0.2, 0.25) is 0 Å². The zero-order valence-corrected chi connectivity index (χ0v) is 13.9. The zero-order chi connectivity index (χ0) is 14.1. The van der Waals surface area contributed by atoms with Gasteiger partial charge in [-0.05, 0) is 80.3 Å². The van der Waals surface area contributed by atoms with Gasteiger partial charge in [0.1, 0.15) is 0 Å². The van der Waals surface area contributed by atoms with Gasteiger partial charge in [-0.15, -0.1) is 0 Å². The summed E-state index contributed by atoms with van der Waals surface area (Å²) in [5.41, 5.74) is 7.54. The Morgan fingerprint density at radius 1 is 1.10 bits per heavy atom. The van der Waals surface area contributed by atoms with Crippen LogP contribution in [0.1, 0.15) is 51.4 Å². The molecule has 2 N–H and O–H groups in total. The summed E-state index contributed by atoms with van der Waals surface area (Å²) in [7, 11) is 0. The molecular formula is C18H29NOS. The standard InChI is InChI=1S/C18H29NOS/c19-18(9-12-8-16(18)15-3-1-2-14(12)15)13-4-6-20-17(10-13)5-7-21-11-17/h12-16H,1-11,19H2. The van der Waals surface area contributed by atoms with Crippen molar-refractivity contribution in [2.24, 2.45) is 35.3 Å². The molecule has 3 heteroatoms. The van der Waals surface area contributed by atoms with Gasteiger partial charge < -0.3 is 10.5 Å². The number of thioether (sulfide) groups is 1. The van der Waals surface area contributed by atoms with E-state index < -0.39 is 0 Å². The highest BCUT2D eigenvalue weighted by atomic mass is 32.2. The first-order chi connectivity index (χ1) is 10.2. The van der Waals surface area contributed by atoms with Crippen molar-refractivity contribution in [2.75, 3.05) is 18.1 Å². The Kier molecular flexibility index (Phi) is 3.02. The molecule has 0 amide bonds. The van der Waals surface area contributed by atoms with Crippen molar-refractivity contribution >= 4 is 11.8 Å². The summed E-state index contributed by atoms with van der Waals surface area (Å²) in [5, 5.41) is 0. The molecule has 0 aromatic rings. The maximum Gasteiger partial charge on any atom is 0.0783 e. The van der Waals surface area contributed by atoms with Crippen LogP contribution in [0.2, 0.25) is 0 Å². The molecule has 7 unspecified atom stereocenters. The molecule has 5 fully saturated rings. The highest BCUT2D eigenvalue weighted by molar-refractivity contribution is 7.99. The van der Waals surface area contributed by atoms with Gasteiger partial charge in [-0.1, -0.05) is 6.42 Å². The highest BCUT2D eigenvalue weighted by Gasteiger charge is 2.62. The van der Waals surface area contributed by atoms with Gasteiger partial charge in [-0.3, -0.25) is 0 Å². The van der Waals surface area contributed by atoms with Crippen molar-refractivity contribution in [3.8, 4) is 0 Å². The Bertz CT molecular complexity index is 435. The topological polar surface area (TPSA) is 35.2 Å². The smallest absolute Gasteiger partial charge is 0.0783 e. The second kappa shape index (κ2) is 4.64. The first kappa shape index (κ1) is 13.7. The predicted molar refractivity (Wildman–Crippen MR) is 87.3 cm³/mol. The largest absolute Gasteiger partial charge is 0.374 e. The molecule has 3 aliphatic carbocycles. The summed E-state index contributed by atoms with van der Waals surface area (Å²) in [6.45, 7) is 0.968. The quantitative estimate of drug-likeness (QED) is 0.806. The van der Waals surface area contributed by atoms with E-state index >= 15 is 0 Å². The number of nitrogens with two attached hydrogens (primary N) is 1. The molecule has 5 rings (SSSR count). The third-order valence-corrected chi connectivity index (χ3v) is 9.15. The lowest BCUT2D eigenvalue weighted by molar-refractivity contribution is -0.101. The Balaban J connectivity index is 1.40. The molecule has 2 bridgehead atoms. The fourth-order valence-electron chi connectivity index (χ4n) is 7.06. The third kappa shape index (κ3) is 1.86. The van der Waals surface area contributed by atoms with Crippen LogP contribution in [0.5, 0.6) is 0 Å². The molecule has 2 aliphatic heterocycles. The van der Waals surface area contributed by atoms with Crippen LogP contribution in [0.3, 0.4) is 0 Å². The summed E-state index contributed by atoms with van der Waals surface area (Å²) in [5.74, 6) is 7.13. The van der Waals surface area contributed by atoms with Crippen molar-refractivity contribution < 1.29 is 4.74 Å². The van der Waals surface area contributed by atoms with Crippen LogP contribution < -0.4 is 5.73 Å². The van der Waals surface area contributed by atoms with Crippen LogP contribution in [-0.2, 0) is 4.74 Å². The second-order valence-electron chi connectivity index (χ2n) is 8.70. The Morgan fingerprint density at radius 3 is 2.86 bits per heavy atom. The molecule has 118 valence electrons. The van der Waals surface area contributed by atoms with E-state index in [-0.39, 0.29) is 11.1 Å². The summed E-state index contributed by atoms with van der Waals surface area (Å²) in [4.78, 5) is 0. The lowest BCUT2D eigenvalue weighted by Gasteiger charge is -2.50. The predicted octanol–water partition coefficient (Wildman–Crippen LogP) is 3.44. The average molecular weight is 308 g/mol. The minimum Gasteiger partial charge on any atom is -0.374 e. The van der Waals surface area contributed by atoms with Crippen LogP contribution in [0.4, 0.5) is 0 Å². The van der Waals surface area contributed by atoms with Gasteiger partial charge in [0.15, 0.2) is 0 Å². The Hall–Kier alpha value is 0.270. The molecule has 21 heavy (non-hydrogen) atoms. The van der Waals surface area contributed by atoms with E-state index in [1.807, 2.05) is 0 Å². The van der Waals surface area contributed by atoms with Crippen LogP contribution in [-0.4, -0.2) is 29.3 Å². The average Bonchev–Trinajstić information content (AvgIpc) is 3.20. The van der Waals surface area contributed by atoms with Crippen molar-refractivity contribution in [1.29, 1.82) is 0 Å². The molecule has 2 saturated heterocycles. The minimum absolute atomic E-state index is 0.167. The normalized spacial score (nSPS) is 59.0. The van der Waals surface area contributed by atoms with E-state index in [0.717, 1.165) is 36.2 Å². The molecule has 2 nitrogen and oxygen atoms in total. The van der Waals surface area contributed by atoms with Gasteiger partial charge in [0.05, 0.1) is 5.60 Å². The van der Waals surface area contributed by atoms with E-state index in [4.69, 9.17) is 10.5 Å². The molecule has 5 aliphatic rings. The summed E-state index contributed by atoms with van der Waals surface area (Å²) < 4.78 is 6.25. The monoisotopic (exact) mass is 307 g/mol. The van der Waals surface area contributed by atoms with E-state index in [2.05, 4.69) is 11.8 Å². The number of fused-ring (bicyclic) bond motifs is 5. The van der Waals surface area contributed by atoms with Gasteiger partial charge >= 0.3 is 0 Å². The lowest BCUT2D eigenvalue weighted by atomic mass is 9.62. The molecular weight excluding hydrogens is 278 g/mol. The summed E-state index contributed by atoms with van der Waals surface area (Å²) in [6, 6.07) is 0. The molecule has 0 radical (unpaired) electrons. The lowest BCUT2D eigenvalue weighted by Crippen LogP contribution is -2.58. The van der Waals surface area contributed by atoms with Crippen LogP contribution >= 0.6 is 11.8 Å². The highest BCUT2D eigenvalue weighted by Crippen LogP contribution is 2.64. The van der Waals surface area contributed by atoms with Gasteiger partial charge in [-0.2, -0.15) is 11.8 Å². The van der Waals surface area contributed by atoms with Crippen LogP contribution in [0.25, 0.3) is 0 Å². The van der Waals surface area contributed by atoms with Crippen LogP contribution in [0, 0.1) is 29.6 Å². The maximum absolute atomic E-state index is 7.16. The number of hydrogen-bond donors (Lipinski definition) is 1. The van der Waals surface area contributed by atoms with Crippen molar-refractivity contribution in [3.05, 3.63) is 0 Å². The number of rotatable bonds is 1. The van der Waals surface area contributed by atoms with Crippen molar-refractivity contribution in [3.63, 3.8) is 0 Å². The van der Waals surface area contributed by atoms with E-state index in [9.17, 15) is 0 Å². The fraction of sp³-hybridized carbons (Fsp3) is 1.00. The molecule has 3 saturated carbocycles. The summed E-state index contributed by atoms with van der Waals surface area (Å²) in [6.07, 6.45) is 11.0. The maximum atomic E-state index is 7.16. The van der Waals surface area contributed by atoms with Crippen molar-refractivity contribution in [2.45, 2.75) is 62.5 Å².